The lowest BCUT2D eigenvalue weighted by Gasteiger charge is -2.09. The molecule has 2 heterocycles. The second kappa shape index (κ2) is 5.39. The van der Waals surface area contributed by atoms with Gasteiger partial charge in [-0.05, 0) is 6.07 Å². The molecule has 0 spiro atoms. The maximum atomic E-state index is 11.2. The van der Waals surface area contributed by atoms with Crippen LogP contribution in [-0.2, 0) is 16.6 Å². The molecule has 0 aliphatic rings. The minimum atomic E-state index is -0.205. The molecule has 0 radical (unpaired) electrons. The lowest BCUT2D eigenvalue weighted by atomic mass is 10.3. The van der Waals surface area contributed by atoms with E-state index < -0.39 is 0 Å². The molecule has 0 bridgehead atoms. The van der Waals surface area contributed by atoms with Crippen LogP contribution in [0.4, 0.5) is 0 Å². The fraction of sp³-hybridized carbons (Fsp3) is 0.417. The predicted octanol–water partition coefficient (Wildman–Crippen LogP) is 2.01. The lowest BCUT2D eigenvalue weighted by molar-refractivity contribution is -0.140. The molecule has 5 nitrogen and oxygen atoms in total. The molecule has 0 fully saturated rings. The number of esters is 1. The number of carbonyl (C=O) groups is 1. The Balaban J connectivity index is 2.19. The van der Waals surface area contributed by atoms with E-state index in [9.17, 15) is 4.79 Å². The summed E-state index contributed by atoms with van der Waals surface area (Å²) in [5.41, 5.74) is 1.92. The van der Waals surface area contributed by atoms with Gasteiger partial charge in [-0.25, -0.2) is 9.97 Å². The Morgan fingerprint density at radius 2 is 2.33 bits per heavy atom. The number of aromatic nitrogens is 3. The number of ether oxygens (including phenoxy) is 1. The van der Waals surface area contributed by atoms with Gasteiger partial charge < -0.3 is 9.30 Å². The van der Waals surface area contributed by atoms with Gasteiger partial charge in [0.2, 0.25) is 0 Å². The first kappa shape index (κ1) is 12.9. The molecule has 96 valence electrons. The molecule has 1 atom stereocenters. The lowest BCUT2D eigenvalue weighted by Crippen LogP contribution is -2.08. The van der Waals surface area contributed by atoms with E-state index in [0.29, 0.717) is 6.42 Å². The summed E-state index contributed by atoms with van der Waals surface area (Å²) in [6, 6.07) is 1.93. The van der Waals surface area contributed by atoms with E-state index in [2.05, 4.69) is 14.7 Å². The van der Waals surface area contributed by atoms with Gasteiger partial charge in [0.25, 0.3) is 0 Å². The summed E-state index contributed by atoms with van der Waals surface area (Å²) < 4.78 is 6.61. The van der Waals surface area contributed by atoms with Crippen molar-refractivity contribution >= 4 is 28.8 Å². The Bertz CT molecular complexity index is 567. The second-order valence-corrected chi connectivity index (χ2v) is 5.48. The Hall–Kier alpha value is -1.56. The fourth-order valence-corrected chi connectivity index (χ4v) is 2.67. The third-order valence-corrected chi connectivity index (χ3v) is 3.70. The van der Waals surface area contributed by atoms with Crippen molar-refractivity contribution < 1.29 is 9.53 Å². The van der Waals surface area contributed by atoms with Crippen molar-refractivity contribution in [3.05, 3.63) is 18.6 Å². The Morgan fingerprint density at radius 1 is 1.56 bits per heavy atom. The molecule has 2 aromatic heterocycles. The van der Waals surface area contributed by atoms with Gasteiger partial charge in [0.05, 0.1) is 25.4 Å². The molecule has 0 aliphatic heterocycles. The van der Waals surface area contributed by atoms with Gasteiger partial charge in [0, 0.05) is 18.5 Å². The molecule has 0 saturated carbocycles. The second-order valence-electron chi connectivity index (χ2n) is 4.05. The average molecular weight is 265 g/mol. The van der Waals surface area contributed by atoms with E-state index >= 15 is 0 Å². The summed E-state index contributed by atoms with van der Waals surface area (Å²) in [5, 5.41) is 0.960. The number of fused-ring (bicyclic) bond motifs is 1. The first-order valence-corrected chi connectivity index (χ1v) is 6.49. The number of hydrogen-bond acceptors (Lipinski definition) is 5. The van der Waals surface area contributed by atoms with Crippen molar-refractivity contribution in [2.75, 3.05) is 7.11 Å². The van der Waals surface area contributed by atoms with Crippen molar-refractivity contribution in [1.29, 1.82) is 0 Å². The number of carbonyl (C=O) groups excluding carboxylic acids is 1. The van der Waals surface area contributed by atoms with Crippen LogP contribution in [0.3, 0.4) is 0 Å². The number of thioether (sulfide) groups is 1. The molecule has 18 heavy (non-hydrogen) atoms. The van der Waals surface area contributed by atoms with E-state index in [4.69, 9.17) is 0 Å². The third kappa shape index (κ3) is 2.64. The zero-order valence-electron chi connectivity index (χ0n) is 10.6. The summed E-state index contributed by atoms with van der Waals surface area (Å²) in [6.45, 7) is 1.98. The highest BCUT2D eigenvalue weighted by Gasteiger charge is 2.14. The van der Waals surface area contributed by atoms with Gasteiger partial charge in [-0.2, -0.15) is 0 Å². The molecular weight excluding hydrogens is 250 g/mol. The van der Waals surface area contributed by atoms with Crippen molar-refractivity contribution in [3.8, 4) is 0 Å². The SMILES string of the molecule is COC(=O)CC(C)Sc1nccc2c1ncn2C. The average Bonchev–Trinajstić information content (AvgIpc) is 2.72. The number of pyridine rings is 1. The first-order chi connectivity index (χ1) is 8.61. The van der Waals surface area contributed by atoms with E-state index in [0.717, 1.165) is 16.1 Å². The highest BCUT2D eigenvalue weighted by atomic mass is 32.2. The summed E-state index contributed by atoms with van der Waals surface area (Å²) >= 11 is 1.54. The maximum Gasteiger partial charge on any atom is 0.306 e. The molecular formula is C12H15N3O2S. The highest BCUT2D eigenvalue weighted by molar-refractivity contribution is 8.00. The quantitative estimate of drug-likeness (QED) is 0.625. The van der Waals surface area contributed by atoms with Crippen LogP contribution in [0.25, 0.3) is 11.0 Å². The molecule has 1 unspecified atom stereocenters. The van der Waals surface area contributed by atoms with Crippen molar-refractivity contribution in [1.82, 2.24) is 14.5 Å². The molecule has 0 saturated heterocycles. The van der Waals surface area contributed by atoms with Gasteiger partial charge >= 0.3 is 5.97 Å². The monoisotopic (exact) mass is 265 g/mol. The molecule has 0 aliphatic carbocycles. The van der Waals surface area contributed by atoms with Crippen molar-refractivity contribution in [2.24, 2.45) is 7.05 Å². The number of imidazole rings is 1. The number of methoxy groups -OCH3 is 1. The smallest absolute Gasteiger partial charge is 0.306 e. The van der Waals surface area contributed by atoms with Gasteiger partial charge in [-0.15, -0.1) is 11.8 Å². The standard InChI is InChI=1S/C12H15N3O2S/c1-8(6-10(16)17-3)18-12-11-9(4-5-13-12)15(2)7-14-11/h4-5,7-8H,6H2,1-3H3. The fourth-order valence-electron chi connectivity index (χ4n) is 1.67. The molecule has 0 aromatic carbocycles. The van der Waals surface area contributed by atoms with Crippen molar-refractivity contribution in [3.63, 3.8) is 0 Å². The Labute approximate surface area is 110 Å². The molecule has 6 heteroatoms. The van der Waals surface area contributed by atoms with Crippen molar-refractivity contribution in [2.45, 2.75) is 23.6 Å². The zero-order valence-corrected chi connectivity index (χ0v) is 11.4. The minimum Gasteiger partial charge on any atom is -0.469 e. The Kier molecular flexibility index (Phi) is 3.86. The van der Waals surface area contributed by atoms with Crippen LogP contribution < -0.4 is 0 Å². The molecule has 2 aromatic rings. The minimum absolute atomic E-state index is 0.109. The van der Waals surface area contributed by atoms with Gasteiger partial charge in [-0.3, -0.25) is 4.79 Å². The van der Waals surface area contributed by atoms with Crippen LogP contribution in [-0.4, -0.2) is 32.9 Å². The summed E-state index contributed by atoms with van der Waals surface area (Å²) in [5.74, 6) is -0.205. The van der Waals surface area contributed by atoms with Gasteiger partial charge in [0.1, 0.15) is 10.5 Å². The highest BCUT2D eigenvalue weighted by Crippen LogP contribution is 2.28. The van der Waals surface area contributed by atoms with Crippen LogP contribution in [0.5, 0.6) is 0 Å². The van der Waals surface area contributed by atoms with Crippen LogP contribution in [0.2, 0.25) is 0 Å². The van der Waals surface area contributed by atoms with Crippen LogP contribution >= 0.6 is 11.8 Å². The van der Waals surface area contributed by atoms with E-state index in [1.807, 2.05) is 24.6 Å². The summed E-state index contributed by atoms with van der Waals surface area (Å²) in [7, 11) is 3.35. The van der Waals surface area contributed by atoms with Gasteiger partial charge in [0.15, 0.2) is 0 Å². The molecule has 2 rings (SSSR count). The number of nitrogens with zero attached hydrogens (tertiary/aromatic N) is 3. The van der Waals surface area contributed by atoms with E-state index in [1.165, 1.54) is 7.11 Å². The summed E-state index contributed by atoms with van der Waals surface area (Å²) in [6.07, 6.45) is 3.89. The number of rotatable bonds is 4. The van der Waals surface area contributed by atoms with Gasteiger partial charge in [-0.1, -0.05) is 6.92 Å². The number of aryl methyl sites for hydroxylation is 1. The third-order valence-electron chi connectivity index (χ3n) is 2.60. The number of hydrogen-bond donors (Lipinski definition) is 0. The van der Waals surface area contributed by atoms with Crippen LogP contribution in [0, 0.1) is 0 Å². The largest absolute Gasteiger partial charge is 0.469 e. The summed E-state index contributed by atoms with van der Waals surface area (Å²) in [4.78, 5) is 19.9. The first-order valence-electron chi connectivity index (χ1n) is 5.61. The topological polar surface area (TPSA) is 57.0 Å². The van der Waals surface area contributed by atoms with E-state index in [-0.39, 0.29) is 11.2 Å². The zero-order chi connectivity index (χ0) is 13.1. The van der Waals surface area contributed by atoms with Crippen LogP contribution in [0.15, 0.2) is 23.6 Å². The predicted molar refractivity (Wildman–Crippen MR) is 70.5 cm³/mol. The Morgan fingerprint density at radius 3 is 3.06 bits per heavy atom. The normalized spacial score (nSPS) is 12.6. The molecule has 0 amide bonds. The van der Waals surface area contributed by atoms with Crippen LogP contribution in [0.1, 0.15) is 13.3 Å². The maximum absolute atomic E-state index is 11.2. The molecule has 0 N–H and O–H groups in total. The van der Waals surface area contributed by atoms with E-state index in [1.54, 1.807) is 24.3 Å².